The van der Waals surface area contributed by atoms with Gasteiger partial charge in [0.1, 0.15) is 0 Å². The third-order valence-electron chi connectivity index (χ3n) is 3.45. The Labute approximate surface area is 134 Å². The Morgan fingerprint density at radius 2 is 1.89 bits per heavy atom. The first kappa shape index (κ1) is 17.3. The first-order chi connectivity index (χ1) is 8.53. The molecule has 1 fully saturated rings. The van der Waals surface area contributed by atoms with E-state index in [0.717, 1.165) is 0 Å². The average molecular weight is 492 g/mol. The predicted molar refractivity (Wildman–Crippen MR) is 77.1 cm³/mol. The van der Waals surface area contributed by atoms with E-state index in [2.05, 4.69) is 18.6 Å². The number of hydrogen-bond acceptors (Lipinski definition) is 3. The van der Waals surface area contributed by atoms with Crippen LogP contribution in [0.3, 0.4) is 0 Å². The Morgan fingerprint density at radius 1 is 1.37 bits per heavy atom. The summed E-state index contributed by atoms with van der Waals surface area (Å²) in [6.07, 6.45) is 0.807. The average Bonchev–Trinajstić information content (AvgIpc) is 2.50. The minimum absolute atomic E-state index is 0.109. The summed E-state index contributed by atoms with van der Waals surface area (Å²) in [5, 5.41) is 0. The van der Waals surface area contributed by atoms with Gasteiger partial charge in [0.2, 0.25) is 0 Å². The summed E-state index contributed by atoms with van der Waals surface area (Å²) in [4.78, 5) is 37.5. The fraction of sp³-hybridized carbons (Fsp3) is 0.769. The molecule has 0 N–H and O–H groups in total. The van der Waals surface area contributed by atoms with Crippen LogP contribution in [0.25, 0.3) is 0 Å². The number of nitrogens with zero attached hydrogens (tertiary/aromatic N) is 1. The molecule has 0 aromatic carbocycles. The van der Waals surface area contributed by atoms with Crippen molar-refractivity contribution in [3.05, 3.63) is 0 Å². The number of rotatable bonds is 5. The van der Waals surface area contributed by atoms with Crippen molar-refractivity contribution in [3.8, 4) is 0 Å². The molecule has 1 atom stereocenters. The topological polar surface area (TPSA) is 54.5 Å². The first-order valence-corrected chi connectivity index (χ1v) is 13.6. The number of carbonyl (C=O) groups is 3. The number of amides is 2. The van der Waals surface area contributed by atoms with Gasteiger partial charge in [0.15, 0.2) is 0 Å². The SMILES string of the molecule is CC1CC(=O)N(C(C)(C)CC(C)(C)C(=O)[I-]I)C1=O. The van der Waals surface area contributed by atoms with Gasteiger partial charge in [0, 0.05) is 0 Å². The standard InChI is InChI=1S/C13H20I2NO3/c1-8-6-9(17)16(10(8)18)13(4,5)7-12(2,3)11(19)15-14/h8H,6-7H2,1-5H3/q-1. The van der Waals surface area contributed by atoms with Gasteiger partial charge in [-0.05, 0) is 0 Å². The van der Waals surface area contributed by atoms with Crippen LogP contribution in [0, 0.1) is 11.3 Å². The summed E-state index contributed by atoms with van der Waals surface area (Å²) in [5.74, 6) is -0.458. The summed E-state index contributed by atoms with van der Waals surface area (Å²) in [6, 6.07) is 0. The molecule has 6 heteroatoms. The molecule has 4 nitrogen and oxygen atoms in total. The molecular weight excluding hydrogens is 472 g/mol. The zero-order valence-electron chi connectivity index (χ0n) is 11.9. The molecule has 0 aromatic heterocycles. The molecule has 1 rings (SSSR count). The van der Waals surface area contributed by atoms with Gasteiger partial charge in [-0.2, -0.15) is 0 Å². The monoisotopic (exact) mass is 492 g/mol. The Morgan fingerprint density at radius 3 is 2.26 bits per heavy atom. The van der Waals surface area contributed by atoms with Crippen molar-refractivity contribution >= 4 is 34.2 Å². The number of likely N-dealkylation sites (tertiary alicyclic amines) is 1. The third kappa shape index (κ3) is 3.68. The van der Waals surface area contributed by atoms with E-state index in [1.807, 2.05) is 27.7 Å². The van der Waals surface area contributed by atoms with Crippen LogP contribution >= 0.6 is 18.6 Å². The van der Waals surface area contributed by atoms with Gasteiger partial charge >= 0.3 is 135 Å². The van der Waals surface area contributed by atoms with E-state index in [-0.39, 0.29) is 27.9 Å². The van der Waals surface area contributed by atoms with Gasteiger partial charge < -0.3 is 0 Å². The zero-order chi connectivity index (χ0) is 15.0. The molecular formula is C13H20I2NO3-. The zero-order valence-corrected chi connectivity index (χ0v) is 16.2. The third-order valence-corrected chi connectivity index (χ3v) is 7.76. The fourth-order valence-corrected chi connectivity index (χ4v) is 7.19. The van der Waals surface area contributed by atoms with Crippen LogP contribution in [-0.4, -0.2) is 26.0 Å². The van der Waals surface area contributed by atoms with E-state index < -0.39 is 28.2 Å². The number of imide groups is 1. The molecule has 19 heavy (non-hydrogen) atoms. The van der Waals surface area contributed by atoms with Gasteiger partial charge in [-0.15, -0.1) is 0 Å². The number of hydrogen-bond donors (Lipinski definition) is 0. The Bertz CT molecular complexity index is 418. The van der Waals surface area contributed by atoms with Gasteiger partial charge in [-0.25, -0.2) is 0 Å². The minimum atomic E-state index is -0.604. The number of halogens is 2. The van der Waals surface area contributed by atoms with Gasteiger partial charge in [-0.3, -0.25) is 0 Å². The molecule has 0 saturated carbocycles. The quantitative estimate of drug-likeness (QED) is 0.297. The maximum absolute atomic E-state index is 12.1. The summed E-state index contributed by atoms with van der Waals surface area (Å²) in [7, 11) is 0. The van der Waals surface area contributed by atoms with Gasteiger partial charge in [0.05, 0.1) is 0 Å². The second-order valence-electron chi connectivity index (χ2n) is 6.39. The molecule has 0 spiro atoms. The molecule has 1 unspecified atom stereocenters. The van der Waals surface area contributed by atoms with E-state index in [0.29, 0.717) is 6.42 Å². The van der Waals surface area contributed by atoms with Crippen molar-refractivity contribution in [3.63, 3.8) is 0 Å². The molecule has 0 aromatic rings. The molecule has 110 valence electrons. The van der Waals surface area contributed by atoms with E-state index >= 15 is 0 Å². The molecule has 0 aliphatic carbocycles. The summed E-state index contributed by atoms with van der Waals surface area (Å²) >= 11 is 1.66. The van der Waals surface area contributed by atoms with Crippen molar-refractivity contribution in [2.45, 2.75) is 53.0 Å². The van der Waals surface area contributed by atoms with Crippen LogP contribution < -0.4 is 17.2 Å². The van der Waals surface area contributed by atoms with Crippen molar-refractivity contribution in [2.24, 2.45) is 11.3 Å². The van der Waals surface area contributed by atoms with Crippen molar-refractivity contribution in [1.82, 2.24) is 4.90 Å². The molecule has 1 aliphatic heterocycles. The molecule has 0 radical (unpaired) electrons. The second kappa shape index (κ2) is 5.95. The van der Waals surface area contributed by atoms with E-state index in [9.17, 15) is 14.4 Å². The molecule has 1 heterocycles. The normalized spacial score (nSPS) is 21.4. The van der Waals surface area contributed by atoms with Crippen LogP contribution in [0.2, 0.25) is 0 Å². The van der Waals surface area contributed by atoms with Crippen LogP contribution in [0.1, 0.15) is 47.5 Å². The van der Waals surface area contributed by atoms with Crippen LogP contribution in [0.5, 0.6) is 0 Å². The van der Waals surface area contributed by atoms with E-state index in [1.165, 1.54) is 4.90 Å². The number of carbonyl (C=O) groups excluding carboxylic acids is 3. The van der Waals surface area contributed by atoms with Crippen molar-refractivity contribution < 1.29 is 31.6 Å². The summed E-state index contributed by atoms with van der Waals surface area (Å²) < 4.78 is 0.257. The van der Waals surface area contributed by atoms with Gasteiger partial charge in [-0.1, -0.05) is 0 Å². The second-order valence-corrected chi connectivity index (χ2v) is 10.5. The Balaban J connectivity index is 2.96. The molecule has 0 bridgehead atoms. The molecule has 1 saturated heterocycles. The molecule has 1 aliphatic rings. The summed E-state index contributed by atoms with van der Waals surface area (Å²) in [6.45, 7) is 9.35. The van der Waals surface area contributed by atoms with E-state index in [1.54, 1.807) is 6.92 Å². The van der Waals surface area contributed by atoms with Crippen LogP contribution in [0.15, 0.2) is 0 Å². The maximum atomic E-state index is 12.1. The first-order valence-electron chi connectivity index (χ1n) is 6.20. The van der Waals surface area contributed by atoms with Crippen molar-refractivity contribution in [2.75, 3.05) is 0 Å². The predicted octanol–water partition coefficient (Wildman–Crippen LogP) is -0.458. The van der Waals surface area contributed by atoms with Gasteiger partial charge in [0.25, 0.3) is 0 Å². The molecule has 2 amide bonds. The Hall–Kier alpha value is 0.270. The van der Waals surface area contributed by atoms with E-state index in [4.69, 9.17) is 0 Å². The summed E-state index contributed by atoms with van der Waals surface area (Å²) in [5.41, 5.74) is -1.09. The fourth-order valence-electron chi connectivity index (χ4n) is 2.75. The Kier molecular flexibility index (Phi) is 5.42. The van der Waals surface area contributed by atoms with Crippen LogP contribution in [0.4, 0.5) is 0 Å². The van der Waals surface area contributed by atoms with Crippen LogP contribution in [-0.2, 0) is 14.4 Å². The van der Waals surface area contributed by atoms with Crippen molar-refractivity contribution in [1.29, 1.82) is 0 Å².